The molecular formula is C12H16F2N4. The Morgan fingerprint density at radius 3 is 2.78 bits per heavy atom. The van der Waals surface area contributed by atoms with E-state index in [1.165, 1.54) is 0 Å². The van der Waals surface area contributed by atoms with Gasteiger partial charge in [-0.05, 0) is 19.9 Å². The third-order valence-corrected chi connectivity index (χ3v) is 3.76. The predicted molar refractivity (Wildman–Crippen MR) is 63.9 cm³/mol. The number of hydrogen-bond donors (Lipinski definition) is 1. The van der Waals surface area contributed by atoms with Crippen LogP contribution in [0.4, 0.5) is 14.6 Å². The van der Waals surface area contributed by atoms with Gasteiger partial charge in [-0.1, -0.05) is 0 Å². The second-order valence-corrected chi connectivity index (χ2v) is 5.31. The molecule has 2 aliphatic rings. The van der Waals surface area contributed by atoms with Crippen LogP contribution in [-0.4, -0.2) is 36.1 Å². The zero-order valence-corrected chi connectivity index (χ0v) is 10.3. The Morgan fingerprint density at radius 1 is 1.39 bits per heavy atom. The molecule has 2 fully saturated rings. The summed E-state index contributed by atoms with van der Waals surface area (Å²) in [5.74, 6) is 0.269. The van der Waals surface area contributed by atoms with Crippen molar-refractivity contribution in [2.75, 3.05) is 31.1 Å². The van der Waals surface area contributed by atoms with Gasteiger partial charge in [0.15, 0.2) is 5.82 Å². The number of aromatic nitrogens is 2. The highest BCUT2D eigenvalue weighted by Crippen LogP contribution is 2.38. The second kappa shape index (κ2) is 4.12. The minimum absolute atomic E-state index is 0.337. The summed E-state index contributed by atoms with van der Waals surface area (Å²) in [6.45, 7) is 5.61. The largest absolute Gasteiger partial charge is 0.355 e. The average Bonchev–Trinajstić information content (AvgIpc) is 2.75. The first-order valence-electron chi connectivity index (χ1n) is 6.17. The Bertz CT molecular complexity index is 449. The third-order valence-electron chi connectivity index (χ3n) is 3.76. The molecule has 0 bridgehead atoms. The van der Waals surface area contributed by atoms with Crippen LogP contribution in [0.25, 0.3) is 0 Å². The molecule has 1 aromatic rings. The van der Waals surface area contributed by atoms with Crippen LogP contribution in [0.15, 0.2) is 6.07 Å². The quantitative estimate of drug-likeness (QED) is 0.869. The van der Waals surface area contributed by atoms with E-state index < -0.39 is 6.43 Å². The van der Waals surface area contributed by atoms with Crippen molar-refractivity contribution in [2.24, 2.45) is 5.41 Å². The molecule has 0 aliphatic carbocycles. The van der Waals surface area contributed by atoms with Crippen molar-refractivity contribution in [1.29, 1.82) is 0 Å². The summed E-state index contributed by atoms with van der Waals surface area (Å²) >= 11 is 0. The smallest absolute Gasteiger partial charge is 0.297 e. The van der Waals surface area contributed by atoms with Crippen molar-refractivity contribution in [1.82, 2.24) is 15.3 Å². The van der Waals surface area contributed by atoms with E-state index in [2.05, 4.69) is 20.2 Å². The van der Waals surface area contributed by atoms with Gasteiger partial charge in [-0.3, -0.25) is 0 Å². The van der Waals surface area contributed by atoms with Gasteiger partial charge in [0.1, 0.15) is 5.82 Å². The molecule has 3 heterocycles. The van der Waals surface area contributed by atoms with Crippen molar-refractivity contribution in [3.8, 4) is 0 Å². The van der Waals surface area contributed by atoms with Crippen LogP contribution in [0.3, 0.4) is 0 Å². The van der Waals surface area contributed by atoms with E-state index in [1.54, 1.807) is 13.0 Å². The number of halogens is 2. The highest BCUT2D eigenvalue weighted by Gasteiger charge is 2.45. The summed E-state index contributed by atoms with van der Waals surface area (Å²) in [7, 11) is 0. The average molecular weight is 254 g/mol. The summed E-state index contributed by atoms with van der Waals surface area (Å²) in [6, 6.07) is 1.78. The minimum atomic E-state index is -2.60. The normalized spacial score (nSPS) is 21.7. The van der Waals surface area contributed by atoms with Crippen molar-refractivity contribution >= 4 is 5.82 Å². The molecule has 1 spiro atoms. The first-order valence-corrected chi connectivity index (χ1v) is 6.17. The van der Waals surface area contributed by atoms with Crippen LogP contribution in [-0.2, 0) is 0 Å². The maximum atomic E-state index is 12.7. The first kappa shape index (κ1) is 11.8. The fourth-order valence-corrected chi connectivity index (χ4v) is 2.82. The van der Waals surface area contributed by atoms with Gasteiger partial charge >= 0.3 is 0 Å². The highest BCUT2D eigenvalue weighted by molar-refractivity contribution is 5.44. The summed E-state index contributed by atoms with van der Waals surface area (Å²) in [6.07, 6.45) is -1.44. The number of aryl methyl sites for hydroxylation is 1. The SMILES string of the molecule is Cc1cc(N2CC3(CCNC3)C2)nc(C(F)F)n1. The molecule has 0 atom stereocenters. The van der Waals surface area contributed by atoms with Crippen molar-refractivity contribution in [3.05, 3.63) is 17.6 Å². The molecule has 98 valence electrons. The summed E-state index contributed by atoms with van der Waals surface area (Å²) in [5, 5.41) is 3.35. The Hall–Kier alpha value is -1.30. The Morgan fingerprint density at radius 2 is 2.17 bits per heavy atom. The third kappa shape index (κ3) is 1.94. The number of nitrogens with zero attached hydrogens (tertiary/aromatic N) is 3. The Kier molecular flexibility index (Phi) is 2.69. The molecule has 0 radical (unpaired) electrons. The summed E-state index contributed by atoms with van der Waals surface area (Å²) < 4.78 is 25.3. The van der Waals surface area contributed by atoms with Gasteiger partial charge in [0.2, 0.25) is 0 Å². The number of alkyl halides is 2. The molecule has 0 amide bonds. The van der Waals surface area contributed by atoms with Gasteiger partial charge in [0.05, 0.1) is 0 Å². The minimum Gasteiger partial charge on any atom is -0.355 e. The lowest BCUT2D eigenvalue weighted by molar-refractivity contribution is 0.140. The maximum absolute atomic E-state index is 12.7. The number of rotatable bonds is 2. The molecule has 4 nitrogen and oxygen atoms in total. The number of nitrogens with one attached hydrogen (secondary N) is 1. The van der Waals surface area contributed by atoms with E-state index in [0.717, 1.165) is 32.6 Å². The molecular weight excluding hydrogens is 238 g/mol. The topological polar surface area (TPSA) is 41.0 Å². The van der Waals surface area contributed by atoms with E-state index in [4.69, 9.17) is 0 Å². The summed E-state index contributed by atoms with van der Waals surface area (Å²) in [5.41, 5.74) is 0.935. The molecule has 1 aromatic heterocycles. The van der Waals surface area contributed by atoms with Crippen LogP contribution in [0.2, 0.25) is 0 Å². The van der Waals surface area contributed by atoms with Gasteiger partial charge in [-0.15, -0.1) is 0 Å². The maximum Gasteiger partial charge on any atom is 0.297 e. The highest BCUT2D eigenvalue weighted by atomic mass is 19.3. The summed E-state index contributed by atoms with van der Waals surface area (Å²) in [4.78, 5) is 9.78. The van der Waals surface area contributed by atoms with Crippen LogP contribution < -0.4 is 10.2 Å². The van der Waals surface area contributed by atoms with E-state index in [9.17, 15) is 8.78 Å². The fourth-order valence-electron chi connectivity index (χ4n) is 2.82. The van der Waals surface area contributed by atoms with Crippen molar-refractivity contribution < 1.29 is 8.78 Å². The van der Waals surface area contributed by atoms with Gasteiger partial charge in [-0.25, -0.2) is 18.7 Å². The second-order valence-electron chi connectivity index (χ2n) is 5.31. The zero-order valence-electron chi connectivity index (χ0n) is 10.3. The van der Waals surface area contributed by atoms with E-state index in [-0.39, 0.29) is 5.82 Å². The van der Waals surface area contributed by atoms with E-state index >= 15 is 0 Å². The lowest BCUT2D eigenvalue weighted by Gasteiger charge is -2.48. The molecule has 2 aliphatic heterocycles. The van der Waals surface area contributed by atoms with Crippen LogP contribution in [0, 0.1) is 12.3 Å². The molecule has 6 heteroatoms. The first-order chi connectivity index (χ1) is 8.58. The monoisotopic (exact) mass is 254 g/mol. The Labute approximate surface area is 104 Å². The van der Waals surface area contributed by atoms with Crippen LogP contribution >= 0.6 is 0 Å². The van der Waals surface area contributed by atoms with Crippen molar-refractivity contribution in [3.63, 3.8) is 0 Å². The standard InChI is InChI=1S/C12H16F2N4/c1-8-4-9(17-11(16-8)10(13)14)18-6-12(7-18)2-3-15-5-12/h4,10,15H,2-3,5-7H2,1H3. The lowest BCUT2D eigenvalue weighted by Crippen LogP contribution is -2.57. The fraction of sp³-hybridized carbons (Fsp3) is 0.667. The van der Waals surface area contributed by atoms with Gasteiger partial charge in [0.25, 0.3) is 6.43 Å². The van der Waals surface area contributed by atoms with Crippen LogP contribution in [0.5, 0.6) is 0 Å². The van der Waals surface area contributed by atoms with Gasteiger partial charge in [-0.2, -0.15) is 0 Å². The molecule has 3 rings (SSSR count). The molecule has 1 N–H and O–H groups in total. The number of anilines is 1. The van der Waals surface area contributed by atoms with E-state index in [0.29, 0.717) is 16.9 Å². The predicted octanol–water partition coefficient (Wildman–Crippen LogP) is 1.52. The van der Waals surface area contributed by atoms with E-state index in [1.807, 2.05) is 0 Å². The van der Waals surface area contributed by atoms with Crippen molar-refractivity contribution in [2.45, 2.75) is 19.8 Å². The Balaban J connectivity index is 1.77. The van der Waals surface area contributed by atoms with Gasteiger partial charge < -0.3 is 10.2 Å². The molecule has 2 saturated heterocycles. The molecule has 0 aromatic carbocycles. The molecule has 0 saturated carbocycles. The molecule has 0 unspecified atom stereocenters. The number of hydrogen-bond acceptors (Lipinski definition) is 4. The molecule has 18 heavy (non-hydrogen) atoms. The zero-order chi connectivity index (χ0) is 12.8. The van der Waals surface area contributed by atoms with Crippen LogP contribution in [0.1, 0.15) is 24.4 Å². The van der Waals surface area contributed by atoms with Gasteiger partial charge in [0, 0.05) is 36.8 Å². The lowest BCUT2D eigenvalue weighted by atomic mass is 9.79.